The van der Waals surface area contributed by atoms with Gasteiger partial charge in [-0.1, -0.05) is 30.3 Å². The molecule has 29 heavy (non-hydrogen) atoms. The summed E-state index contributed by atoms with van der Waals surface area (Å²) in [5.41, 5.74) is 2.00. The summed E-state index contributed by atoms with van der Waals surface area (Å²) in [6.45, 7) is 4.02. The number of para-hydroxylation sites is 3. The van der Waals surface area contributed by atoms with Crippen LogP contribution < -0.4 is 10.1 Å². The third-order valence-corrected chi connectivity index (χ3v) is 5.19. The minimum Gasteiger partial charge on any atom is -0.494 e. The first-order valence-corrected chi connectivity index (χ1v) is 10.3. The van der Waals surface area contributed by atoms with Gasteiger partial charge >= 0.3 is 0 Å². The number of amides is 1. The molecule has 1 aromatic heterocycles. The zero-order valence-electron chi connectivity index (χ0n) is 16.7. The zero-order valence-corrected chi connectivity index (χ0v) is 16.7. The molecule has 1 fully saturated rings. The lowest BCUT2D eigenvalue weighted by Crippen LogP contribution is -2.36. The first-order chi connectivity index (χ1) is 14.2. The van der Waals surface area contributed by atoms with Crippen LogP contribution in [0, 0.1) is 0 Å². The van der Waals surface area contributed by atoms with E-state index in [1.807, 2.05) is 55.5 Å². The highest BCUT2D eigenvalue weighted by Gasteiger charge is 2.26. The van der Waals surface area contributed by atoms with E-state index in [0.29, 0.717) is 13.2 Å². The van der Waals surface area contributed by atoms with Crippen LogP contribution in [0.2, 0.25) is 0 Å². The van der Waals surface area contributed by atoms with Crippen molar-refractivity contribution in [3.63, 3.8) is 0 Å². The van der Waals surface area contributed by atoms with Gasteiger partial charge in [0.25, 0.3) is 0 Å². The van der Waals surface area contributed by atoms with Crippen LogP contribution in [0.15, 0.2) is 54.6 Å². The second-order valence-electron chi connectivity index (χ2n) is 7.36. The Kier molecular flexibility index (Phi) is 6.10. The zero-order chi connectivity index (χ0) is 20.1. The summed E-state index contributed by atoms with van der Waals surface area (Å²) in [5.74, 6) is 1.68. The van der Waals surface area contributed by atoms with E-state index in [1.165, 1.54) is 0 Å². The van der Waals surface area contributed by atoms with Crippen LogP contribution in [-0.2, 0) is 16.1 Å². The Labute approximate surface area is 170 Å². The highest BCUT2D eigenvalue weighted by molar-refractivity contribution is 5.81. The molecule has 0 radical (unpaired) electrons. The molecule has 152 valence electrons. The van der Waals surface area contributed by atoms with E-state index in [2.05, 4.69) is 16.0 Å². The summed E-state index contributed by atoms with van der Waals surface area (Å²) in [6, 6.07) is 17.7. The van der Waals surface area contributed by atoms with Crippen LogP contribution in [0.1, 0.15) is 38.1 Å². The average Bonchev–Trinajstić information content (AvgIpc) is 3.40. The fraction of sp³-hybridized carbons (Fsp3) is 0.391. The molecule has 2 aromatic carbocycles. The van der Waals surface area contributed by atoms with Gasteiger partial charge in [-0.15, -0.1) is 0 Å². The number of carbonyl (C=O) groups excluding carboxylic acids is 1. The number of benzene rings is 2. The van der Waals surface area contributed by atoms with E-state index in [9.17, 15) is 4.79 Å². The predicted octanol–water partition coefficient (Wildman–Crippen LogP) is 3.86. The van der Waals surface area contributed by atoms with Crippen LogP contribution in [-0.4, -0.2) is 34.8 Å². The molecule has 1 aliphatic heterocycles. The smallest absolute Gasteiger partial charge is 0.249 e. The molecule has 0 bridgehead atoms. The van der Waals surface area contributed by atoms with Gasteiger partial charge in [0.1, 0.15) is 17.7 Å². The largest absolute Gasteiger partial charge is 0.494 e. The maximum atomic E-state index is 12.5. The maximum Gasteiger partial charge on any atom is 0.249 e. The summed E-state index contributed by atoms with van der Waals surface area (Å²) in [7, 11) is 0. The van der Waals surface area contributed by atoms with E-state index >= 15 is 0 Å². The summed E-state index contributed by atoms with van der Waals surface area (Å²) >= 11 is 0. The second kappa shape index (κ2) is 9.09. The highest BCUT2D eigenvalue weighted by Crippen LogP contribution is 2.22. The van der Waals surface area contributed by atoms with Crippen LogP contribution in [0.5, 0.6) is 5.75 Å². The molecule has 0 saturated carbocycles. The molecule has 1 saturated heterocycles. The lowest BCUT2D eigenvalue weighted by atomic mass is 10.2. The summed E-state index contributed by atoms with van der Waals surface area (Å²) < 4.78 is 13.5. The van der Waals surface area contributed by atoms with Crippen LogP contribution in [0.3, 0.4) is 0 Å². The van der Waals surface area contributed by atoms with E-state index in [0.717, 1.165) is 48.4 Å². The van der Waals surface area contributed by atoms with Gasteiger partial charge in [-0.3, -0.25) is 4.79 Å². The number of imidazole rings is 1. The van der Waals surface area contributed by atoms with E-state index in [4.69, 9.17) is 14.5 Å². The van der Waals surface area contributed by atoms with Crippen molar-refractivity contribution in [2.75, 3.05) is 13.2 Å². The number of aryl methyl sites for hydroxylation is 1. The van der Waals surface area contributed by atoms with Gasteiger partial charge < -0.3 is 19.4 Å². The third kappa shape index (κ3) is 4.59. The van der Waals surface area contributed by atoms with Crippen LogP contribution >= 0.6 is 0 Å². The number of hydrogen-bond acceptors (Lipinski definition) is 4. The van der Waals surface area contributed by atoms with Crippen molar-refractivity contribution in [3.8, 4) is 5.75 Å². The van der Waals surface area contributed by atoms with Crippen molar-refractivity contribution >= 4 is 16.9 Å². The normalized spacial score (nSPS) is 17.3. The molecular weight excluding hydrogens is 366 g/mol. The first kappa shape index (κ1) is 19.5. The topological polar surface area (TPSA) is 65.4 Å². The molecule has 1 amide bonds. The van der Waals surface area contributed by atoms with Crippen molar-refractivity contribution in [3.05, 3.63) is 60.4 Å². The number of ether oxygens (including phenoxy) is 2. The number of fused-ring (bicyclic) bond motifs is 1. The Morgan fingerprint density at radius 1 is 1.24 bits per heavy atom. The number of nitrogens with one attached hydrogen (secondary N) is 1. The van der Waals surface area contributed by atoms with Gasteiger partial charge in [-0.25, -0.2) is 4.98 Å². The molecule has 0 aliphatic carbocycles. The maximum absolute atomic E-state index is 12.5. The Balaban J connectivity index is 1.45. The molecule has 3 aromatic rings. The van der Waals surface area contributed by atoms with Gasteiger partial charge in [0.15, 0.2) is 0 Å². The van der Waals surface area contributed by atoms with Crippen molar-refractivity contribution < 1.29 is 14.3 Å². The molecule has 0 spiro atoms. The van der Waals surface area contributed by atoms with Crippen molar-refractivity contribution in [2.45, 2.75) is 44.9 Å². The molecule has 1 N–H and O–H groups in total. The Hall–Kier alpha value is -2.86. The van der Waals surface area contributed by atoms with Crippen LogP contribution in [0.25, 0.3) is 11.0 Å². The predicted molar refractivity (Wildman–Crippen MR) is 112 cm³/mol. The van der Waals surface area contributed by atoms with Crippen LogP contribution in [0.4, 0.5) is 0 Å². The lowest BCUT2D eigenvalue weighted by Gasteiger charge is -2.18. The number of hydrogen-bond donors (Lipinski definition) is 1. The minimum atomic E-state index is -0.338. The number of rotatable bonds is 8. The number of aromatic nitrogens is 2. The van der Waals surface area contributed by atoms with Gasteiger partial charge in [-0.05, 0) is 50.5 Å². The molecule has 2 heterocycles. The lowest BCUT2D eigenvalue weighted by molar-refractivity contribution is -0.130. The molecule has 6 nitrogen and oxygen atoms in total. The molecule has 6 heteroatoms. The Morgan fingerprint density at radius 2 is 2.03 bits per heavy atom. The van der Waals surface area contributed by atoms with Gasteiger partial charge in [0, 0.05) is 13.2 Å². The van der Waals surface area contributed by atoms with E-state index < -0.39 is 0 Å². The Bertz CT molecular complexity index is 948. The summed E-state index contributed by atoms with van der Waals surface area (Å²) in [5, 5.41) is 3.08. The minimum absolute atomic E-state index is 0.0546. The van der Waals surface area contributed by atoms with Gasteiger partial charge in [0.2, 0.25) is 5.91 Å². The van der Waals surface area contributed by atoms with Crippen molar-refractivity contribution in [2.24, 2.45) is 0 Å². The fourth-order valence-electron chi connectivity index (χ4n) is 3.74. The van der Waals surface area contributed by atoms with E-state index in [-0.39, 0.29) is 18.1 Å². The quantitative estimate of drug-likeness (QED) is 0.590. The number of nitrogens with zero attached hydrogens (tertiary/aromatic N) is 2. The van der Waals surface area contributed by atoms with Gasteiger partial charge in [0.05, 0.1) is 23.7 Å². The standard InChI is InChI=1S/C23H27N3O3/c1-17(24-23(27)21-13-7-15-29-21)22-25-19-11-5-6-12-20(19)26(22)14-8-16-28-18-9-3-2-4-10-18/h2-6,9-12,17,21H,7-8,13-16H2,1H3,(H,24,27). The van der Waals surface area contributed by atoms with Crippen molar-refractivity contribution in [1.82, 2.24) is 14.9 Å². The average molecular weight is 393 g/mol. The molecule has 2 unspecified atom stereocenters. The highest BCUT2D eigenvalue weighted by atomic mass is 16.5. The Morgan fingerprint density at radius 3 is 2.83 bits per heavy atom. The monoisotopic (exact) mass is 393 g/mol. The SMILES string of the molecule is CC(NC(=O)C1CCCO1)c1nc2ccccc2n1CCCOc1ccccc1. The number of carbonyl (C=O) groups is 1. The molecular formula is C23H27N3O3. The molecule has 2 atom stereocenters. The van der Waals surface area contributed by atoms with E-state index in [1.54, 1.807) is 0 Å². The third-order valence-electron chi connectivity index (χ3n) is 5.19. The summed E-state index contributed by atoms with van der Waals surface area (Å²) in [6.07, 6.45) is 2.22. The first-order valence-electron chi connectivity index (χ1n) is 10.3. The summed E-state index contributed by atoms with van der Waals surface area (Å²) in [4.78, 5) is 17.3. The molecule has 4 rings (SSSR count). The van der Waals surface area contributed by atoms with Crippen molar-refractivity contribution in [1.29, 1.82) is 0 Å². The molecule has 1 aliphatic rings. The second-order valence-corrected chi connectivity index (χ2v) is 7.36. The van der Waals surface area contributed by atoms with Gasteiger partial charge in [-0.2, -0.15) is 0 Å². The fourth-order valence-corrected chi connectivity index (χ4v) is 3.74.